The van der Waals surface area contributed by atoms with Gasteiger partial charge in [-0.1, -0.05) is 6.07 Å². The van der Waals surface area contributed by atoms with Crippen LogP contribution in [0.4, 0.5) is 5.69 Å². The quantitative estimate of drug-likeness (QED) is 0.842. The van der Waals surface area contributed by atoms with Crippen LogP contribution in [0.5, 0.6) is 0 Å². The van der Waals surface area contributed by atoms with Gasteiger partial charge in [-0.05, 0) is 45.4 Å². The minimum absolute atomic E-state index is 0.0735. The van der Waals surface area contributed by atoms with Crippen LogP contribution in [0.25, 0.3) is 0 Å². The van der Waals surface area contributed by atoms with Gasteiger partial charge in [0.1, 0.15) is 0 Å². The number of benzene rings is 1. The molecule has 118 valence electrons. The molecule has 0 atom stereocenters. The highest BCUT2D eigenvalue weighted by molar-refractivity contribution is 7.92. The summed E-state index contributed by atoms with van der Waals surface area (Å²) in [4.78, 5) is 12.3. The van der Waals surface area contributed by atoms with Crippen molar-refractivity contribution in [1.82, 2.24) is 5.32 Å². The van der Waals surface area contributed by atoms with E-state index in [0.29, 0.717) is 12.1 Å². The Labute approximate surface area is 127 Å². The van der Waals surface area contributed by atoms with E-state index in [0.717, 1.165) is 11.3 Å². The lowest BCUT2D eigenvalue weighted by Crippen LogP contribution is -2.43. The molecule has 0 heterocycles. The van der Waals surface area contributed by atoms with E-state index < -0.39 is 14.6 Å². The number of nitrogens with one attached hydrogen (secondary N) is 2. The molecule has 21 heavy (non-hydrogen) atoms. The number of anilines is 1. The van der Waals surface area contributed by atoms with Gasteiger partial charge in [0.15, 0.2) is 9.84 Å². The van der Waals surface area contributed by atoms with Gasteiger partial charge in [-0.3, -0.25) is 4.79 Å². The van der Waals surface area contributed by atoms with Crippen LogP contribution < -0.4 is 10.6 Å². The molecule has 0 unspecified atom stereocenters. The number of carbonyl (C=O) groups excluding carboxylic acids is 1. The van der Waals surface area contributed by atoms with Gasteiger partial charge in [0.25, 0.3) is 5.91 Å². The SMILES string of the molecule is CCNc1cc(C)ccc1C(=O)NCC(C)(C)S(C)(=O)=O. The predicted octanol–water partition coefficient (Wildman–Crippen LogP) is 1.98. The first-order valence-corrected chi connectivity index (χ1v) is 8.80. The summed E-state index contributed by atoms with van der Waals surface area (Å²) in [5.74, 6) is -0.275. The summed E-state index contributed by atoms with van der Waals surface area (Å²) in [6, 6.07) is 5.51. The van der Waals surface area contributed by atoms with Crippen molar-refractivity contribution >= 4 is 21.4 Å². The summed E-state index contributed by atoms with van der Waals surface area (Å²) in [5, 5.41) is 5.85. The van der Waals surface area contributed by atoms with Crippen LogP contribution in [0.2, 0.25) is 0 Å². The normalized spacial score (nSPS) is 12.0. The molecule has 2 N–H and O–H groups in total. The van der Waals surface area contributed by atoms with Gasteiger partial charge in [-0.15, -0.1) is 0 Å². The number of aryl methyl sites for hydroxylation is 1. The van der Waals surface area contributed by atoms with Crippen LogP contribution in [0.15, 0.2) is 18.2 Å². The van der Waals surface area contributed by atoms with E-state index in [9.17, 15) is 13.2 Å². The Morgan fingerprint density at radius 3 is 2.43 bits per heavy atom. The molecule has 0 bridgehead atoms. The molecule has 0 aromatic heterocycles. The van der Waals surface area contributed by atoms with Crippen molar-refractivity contribution in [3.8, 4) is 0 Å². The lowest BCUT2D eigenvalue weighted by molar-refractivity contribution is 0.0951. The maximum atomic E-state index is 12.3. The van der Waals surface area contributed by atoms with Gasteiger partial charge in [0, 0.05) is 25.0 Å². The molecule has 0 fully saturated rings. The molecule has 0 aliphatic rings. The Kier molecular flexibility index (Phi) is 5.39. The topological polar surface area (TPSA) is 75.3 Å². The zero-order chi connectivity index (χ0) is 16.3. The fourth-order valence-corrected chi connectivity index (χ4v) is 2.05. The molecule has 0 aliphatic carbocycles. The molecule has 0 saturated carbocycles. The van der Waals surface area contributed by atoms with Crippen LogP contribution in [0, 0.1) is 6.92 Å². The number of hydrogen-bond donors (Lipinski definition) is 2. The van der Waals surface area contributed by atoms with Crippen LogP contribution >= 0.6 is 0 Å². The lowest BCUT2D eigenvalue weighted by Gasteiger charge is -2.23. The van der Waals surface area contributed by atoms with Gasteiger partial charge in [-0.25, -0.2) is 8.42 Å². The van der Waals surface area contributed by atoms with Crippen LogP contribution in [-0.4, -0.2) is 38.4 Å². The summed E-state index contributed by atoms with van der Waals surface area (Å²) < 4.78 is 22.3. The van der Waals surface area contributed by atoms with Gasteiger partial charge in [0.05, 0.1) is 10.3 Å². The molecular weight excluding hydrogens is 288 g/mol. The third-order valence-corrected chi connectivity index (χ3v) is 5.62. The summed E-state index contributed by atoms with van der Waals surface area (Å²) in [7, 11) is -3.24. The fourth-order valence-electron chi connectivity index (χ4n) is 1.71. The summed E-state index contributed by atoms with van der Waals surface area (Å²) in [5.41, 5.74) is 2.33. The number of carbonyl (C=O) groups is 1. The van der Waals surface area contributed by atoms with Crippen LogP contribution in [-0.2, 0) is 9.84 Å². The monoisotopic (exact) mass is 312 g/mol. The molecular formula is C15H24N2O3S. The molecule has 1 amide bonds. The fraction of sp³-hybridized carbons (Fsp3) is 0.533. The predicted molar refractivity (Wildman–Crippen MR) is 86.6 cm³/mol. The smallest absolute Gasteiger partial charge is 0.253 e. The Morgan fingerprint density at radius 2 is 1.90 bits per heavy atom. The van der Waals surface area contributed by atoms with Gasteiger partial charge in [-0.2, -0.15) is 0 Å². The van der Waals surface area contributed by atoms with Crippen molar-refractivity contribution in [3.63, 3.8) is 0 Å². The molecule has 1 aromatic rings. The third kappa shape index (κ3) is 4.46. The number of sulfone groups is 1. The first-order valence-electron chi connectivity index (χ1n) is 6.91. The molecule has 5 nitrogen and oxygen atoms in total. The Balaban J connectivity index is 2.91. The second-order valence-electron chi connectivity index (χ2n) is 5.79. The second-order valence-corrected chi connectivity index (χ2v) is 8.44. The summed E-state index contributed by atoms with van der Waals surface area (Å²) >= 11 is 0. The Hall–Kier alpha value is -1.56. The van der Waals surface area contributed by atoms with E-state index >= 15 is 0 Å². The first kappa shape index (κ1) is 17.5. The molecule has 0 radical (unpaired) electrons. The molecule has 1 aromatic carbocycles. The molecule has 6 heteroatoms. The highest BCUT2D eigenvalue weighted by atomic mass is 32.2. The van der Waals surface area contributed by atoms with Crippen LogP contribution in [0.1, 0.15) is 36.7 Å². The highest BCUT2D eigenvalue weighted by Crippen LogP contribution is 2.18. The summed E-state index contributed by atoms with van der Waals surface area (Å²) in [6.45, 7) is 7.89. The average molecular weight is 312 g/mol. The van der Waals surface area contributed by atoms with Crippen LogP contribution in [0.3, 0.4) is 0 Å². The van der Waals surface area contributed by atoms with Crippen molar-refractivity contribution in [1.29, 1.82) is 0 Å². The van der Waals surface area contributed by atoms with E-state index in [1.54, 1.807) is 19.9 Å². The minimum Gasteiger partial charge on any atom is -0.385 e. The Bertz CT molecular complexity index is 622. The minimum atomic E-state index is -3.24. The van der Waals surface area contributed by atoms with E-state index in [1.165, 1.54) is 6.26 Å². The van der Waals surface area contributed by atoms with Crippen molar-refractivity contribution in [2.24, 2.45) is 0 Å². The average Bonchev–Trinajstić information content (AvgIpc) is 2.35. The lowest BCUT2D eigenvalue weighted by atomic mass is 10.1. The highest BCUT2D eigenvalue weighted by Gasteiger charge is 2.30. The molecule has 1 rings (SSSR count). The second kappa shape index (κ2) is 6.47. The first-order chi connectivity index (χ1) is 9.58. The largest absolute Gasteiger partial charge is 0.385 e. The third-order valence-electron chi connectivity index (χ3n) is 3.47. The molecule has 0 spiro atoms. The van der Waals surface area contributed by atoms with E-state index in [-0.39, 0.29) is 12.5 Å². The standard InChI is InChI=1S/C15H24N2O3S/c1-6-16-13-9-11(2)7-8-12(13)14(18)17-10-15(3,4)21(5,19)20/h7-9,16H,6,10H2,1-5H3,(H,17,18). The number of amides is 1. The zero-order valence-electron chi connectivity index (χ0n) is 13.3. The maximum Gasteiger partial charge on any atom is 0.253 e. The summed E-state index contributed by atoms with van der Waals surface area (Å²) in [6.07, 6.45) is 1.18. The van der Waals surface area contributed by atoms with Crippen molar-refractivity contribution in [2.45, 2.75) is 32.4 Å². The number of rotatable bonds is 6. The van der Waals surface area contributed by atoms with E-state index in [1.807, 2.05) is 26.0 Å². The zero-order valence-corrected chi connectivity index (χ0v) is 14.1. The van der Waals surface area contributed by atoms with Crippen molar-refractivity contribution in [3.05, 3.63) is 29.3 Å². The van der Waals surface area contributed by atoms with Gasteiger partial charge < -0.3 is 10.6 Å². The number of hydrogen-bond acceptors (Lipinski definition) is 4. The van der Waals surface area contributed by atoms with E-state index in [4.69, 9.17) is 0 Å². The maximum absolute atomic E-state index is 12.3. The molecule has 0 saturated heterocycles. The van der Waals surface area contributed by atoms with Crippen molar-refractivity contribution in [2.75, 3.05) is 24.7 Å². The molecule has 0 aliphatic heterocycles. The van der Waals surface area contributed by atoms with E-state index in [2.05, 4.69) is 10.6 Å². The Morgan fingerprint density at radius 1 is 1.29 bits per heavy atom. The van der Waals surface area contributed by atoms with Gasteiger partial charge >= 0.3 is 0 Å². The van der Waals surface area contributed by atoms with Crippen molar-refractivity contribution < 1.29 is 13.2 Å². The van der Waals surface area contributed by atoms with Gasteiger partial charge in [0.2, 0.25) is 0 Å².